The molecule has 1 aromatic heterocycles. The molecule has 8 heteroatoms. The molecule has 0 saturated heterocycles. The van der Waals surface area contributed by atoms with Gasteiger partial charge in [0.05, 0.1) is 17.9 Å². The lowest BCUT2D eigenvalue weighted by Crippen LogP contribution is -2.16. The lowest BCUT2D eigenvalue weighted by atomic mass is 10.1. The highest BCUT2D eigenvalue weighted by Gasteiger charge is 2.19. The second-order valence-electron chi connectivity index (χ2n) is 6.79. The van der Waals surface area contributed by atoms with Crippen LogP contribution in [-0.4, -0.2) is 48.3 Å². The van der Waals surface area contributed by atoms with Crippen LogP contribution in [0.25, 0.3) is 0 Å². The number of nitrogens with zero attached hydrogens (tertiary/aromatic N) is 1. The maximum absolute atomic E-state index is 12.6. The summed E-state index contributed by atoms with van der Waals surface area (Å²) in [6, 6.07) is 6.82. The first-order chi connectivity index (χ1) is 13.9. The van der Waals surface area contributed by atoms with Gasteiger partial charge in [-0.3, -0.25) is 9.59 Å². The van der Waals surface area contributed by atoms with Crippen molar-refractivity contribution in [1.29, 1.82) is 0 Å². The Morgan fingerprint density at radius 1 is 1.24 bits per heavy atom. The number of fused-ring (bicyclic) bond motifs is 1. The zero-order valence-corrected chi connectivity index (χ0v) is 17.6. The van der Waals surface area contributed by atoms with Crippen molar-refractivity contribution in [2.45, 2.75) is 31.7 Å². The second kappa shape index (κ2) is 9.28. The molecule has 0 atom stereocenters. The van der Waals surface area contributed by atoms with E-state index in [4.69, 9.17) is 9.47 Å². The average Bonchev–Trinajstić information content (AvgIpc) is 2.86. The molecule has 0 spiro atoms. The van der Waals surface area contributed by atoms with Crippen LogP contribution in [0.15, 0.2) is 29.2 Å². The molecule has 154 valence electrons. The van der Waals surface area contributed by atoms with Gasteiger partial charge in [-0.25, -0.2) is 4.79 Å². The zero-order valence-electron chi connectivity index (χ0n) is 16.7. The molecule has 1 amide bonds. The number of benzene rings is 1. The van der Waals surface area contributed by atoms with Crippen LogP contribution >= 0.6 is 11.8 Å². The molecular formula is C21H24N2O5S. The van der Waals surface area contributed by atoms with E-state index in [9.17, 15) is 14.4 Å². The topological polar surface area (TPSA) is 86.6 Å². The van der Waals surface area contributed by atoms with Crippen LogP contribution in [0.4, 0.5) is 5.69 Å². The number of Topliss-reactive ketones (excluding diaryl/α,β-unsaturated/α-hetero) is 1. The summed E-state index contributed by atoms with van der Waals surface area (Å²) in [5.41, 5.74) is 3.21. The number of anilines is 1. The molecule has 0 bridgehead atoms. The summed E-state index contributed by atoms with van der Waals surface area (Å²) in [6.07, 6.45) is 0.427. The van der Waals surface area contributed by atoms with Gasteiger partial charge in [-0.2, -0.15) is 0 Å². The molecule has 1 aliphatic heterocycles. The van der Waals surface area contributed by atoms with Gasteiger partial charge in [0.15, 0.2) is 6.61 Å². The quantitative estimate of drug-likeness (QED) is 0.551. The van der Waals surface area contributed by atoms with Crippen molar-refractivity contribution in [3.8, 4) is 0 Å². The third-order valence-electron chi connectivity index (χ3n) is 4.80. The summed E-state index contributed by atoms with van der Waals surface area (Å²) in [7, 11) is 1.63. The molecule has 1 aliphatic rings. The summed E-state index contributed by atoms with van der Waals surface area (Å²) >= 11 is 1.56. The minimum Gasteiger partial charge on any atom is -0.454 e. The van der Waals surface area contributed by atoms with Gasteiger partial charge in [0.2, 0.25) is 11.7 Å². The van der Waals surface area contributed by atoms with Crippen molar-refractivity contribution in [2.75, 3.05) is 31.4 Å². The summed E-state index contributed by atoms with van der Waals surface area (Å²) < 4.78 is 12.3. The molecular weight excluding hydrogens is 392 g/mol. The van der Waals surface area contributed by atoms with E-state index in [0.717, 1.165) is 16.3 Å². The molecule has 0 unspecified atom stereocenters. The molecule has 1 N–H and O–H groups in total. The molecule has 29 heavy (non-hydrogen) atoms. The first-order valence-corrected chi connectivity index (χ1v) is 10.3. The number of ketones is 1. The van der Waals surface area contributed by atoms with E-state index in [1.807, 2.05) is 18.4 Å². The second-order valence-corrected chi connectivity index (χ2v) is 7.92. The number of carbonyl (C=O) groups is 3. The monoisotopic (exact) mass is 416 g/mol. The van der Waals surface area contributed by atoms with Crippen LogP contribution in [0.1, 0.15) is 38.5 Å². The molecule has 0 fully saturated rings. The number of hydrogen-bond acceptors (Lipinski definition) is 6. The van der Waals surface area contributed by atoms with E-state index in [0.29, 0.717) is 42.1 Å². The predicted molar refractivity (Wildman–Crippen MR) is 111 cm³/mol. The number of aromatic nitrogens is 1. The number of hydrogen-bond donors (Lipinski definition) is 1. The molecule has 7 nitrogen and oxygen atoms in total. The van der Waals surface area contributed by atoms with Crippen LogP contribution in [0.3, 0.4) is 0 Å². The number of thioether (sulfide) groups is 1. The fourth-order valence-electron chi connectivity index (χ4n) is 3.25. The molecule has 0 aliphatic carbocycles. The van der Waals surface area contributed by atoms with E-state index in [-0.39, 0.29) is 18.3 Å². The van der Waals surface area contributed by atoms with Gasteiger partial charge in [0.25, 0.3) is 0 Å². The molecule has 0 saturated carbocycles. The SMILES string of the molecule is COCCn1c(C)cc(C(=O)COC(=O)c2ccc3c(c2)NC(=O)CCS3)c1C. The highest BCUT2D eigenvalue weighted by Crippen LogP contribution is 2.31. The Morgan fingerprint density at radius 3 is 2.79 bits per heavy atom. The largest absolute Gasteiger partial charge is 0.454 e. The minimum absolute atomic E-state index is 0.0826. The third kappa shape index (κ3) is 4.89. The Morgan fingerprint density at radius 2 is 2.03 bits per heavy atom. The van der Waals surface area contributed by atoms with E-state index in [1.54, 1.807) is 43.1 Å². The van der Waals surface area contributed by atoms with Crippen molar-refractivity contribution >= 4 is 35.1 Å². The average molecular weight is 416 g/mol. The summed E-state index contributed by atoms with van der Waals surface area (Å²) in [4.78, 5) is 37.6. The maximum atomic E-state index is 12.6. The van der Waals surface area contributed by atoms with Gasteiger partial charge < -0.3 is 19.4 Å². The standard InChI is InChI=1S/C21H24N2O5S/c1-13-10-16(14(2)23(13)7-8-27-3)18(24)12-28-21(26)15-4-5-19-17(11-15)22-20(25)6-9-29-19/h4-5,10-11H,6-9,12H2,1-3H3,(H,22,25). The van der Waals surface area contributed by atoms with Crippen molar-refractivity contribution in [2.24, 2.45) is 0 Å². The van der Waals surface area contributed by atoms with Crippen LogP contribution in [0.5, 0.6) is 0 Å². The first kappa shape index (κ1) is 21.1. The van der Waals surface area contributed by atoms with Crippen LogP contribution < -0.4 is 5.32 Å². The van der Waals surface area contributed by atoms with Gasteiger partial charge >= 0.3 is 5.97 Å². The van der Waals surface area contributed by atoms with Crippen molar-refractivity contribution in [3.05, 3.63) is 46.8 Å². The Kier molecular flexibility index (Phi) is 6.76. The molecule has 1 aromatic carbocycles. The van der Waals surface area contributed by atoms with Gasteiger partial charge in [0.1, 0.15) is 0 Å². The molecule has 3 rings (SSSR count). The number of ether oxygens (including phenoxy) is 2. The lowest BCUT2D eigenvalue weighted by molar-refractivity contribution is -0.115. The molecule has 2 aromatic rings. The van der Waals surface area contributed by atoms with E-state index < -0.39 is 5.97 Å². The van der Waals surface area contributed by atoms with Crippen LogP contribution in [-0.2, 0) is 20.8 Å². The Hall–Kier alpha value is -2.58. The number of rotatable bonds is 7. The van der Waals surface area contributed by atoms with Gasteiger partial charge in [-0.1, -0.05) is 0 Å². The Labute approximate surface area is 173 Å². The van der Waals surface area contributed by atoms with Crippen LogP contribution in [0, 0.1) is 13.8 Å². The Balaban J connectivity index is 1.67. The first-order valence-electron chi connectivity index (χ1n) is 9.33. The molecule has 0 radical (unpaired) electrons. The van der Waals surface area contributed by atoms with Crippen molar-refractivity contribution in [3.63, 3.8) is 0 Å². The van der Waals surface area contributed by atoms with Gasteiger partial charge in [0, 0.05) is 47.7 Å². The summed E-state index contributed by atoms with van der Waals surface area (Å²) in [6.45, 7) is 4.65. The predicted octanol–water partition coefficient (Wildman–Crippen LogP) is 3.23. The smallest absolute Gasteiger partial charge is 0.338 e. The van der Waals surface area contributed by atoms with E-state index in [2.05, 4.69) is 5.32 Å². The van der Waals surface area contributed by atoms with Crippen molar-refractivity contribution < 1.29 is 23.9 Å². The zero-order chi connectivity index (χ0) is 21.0. The number of esters is 1. The minimum atomic E-state index is -0.599. The number of methoxy groups -OCH3 is 1. The summed E-state index contributed by atoms with van der Waals surface area (Å²) in [5, 5.41) is 2.79. The third-order valence-corrected chi connectivity index (χ3v) is 5.88. The maximum Gasteiger partial charge on any atom is 0.338 e. The van der Waals surface area contributed by atoms with Crippen LogP contribution in [0.2, 0.25) is 0 Å². The number of aryl methyl sites for hydroxylation is 1. The van der Waals surface area contributed by atoms with Crippen molar-refractivity contribution in [1.82, 2.24) is 4.57 Å². The fourth-order valence-corrected chi connectivity index (χ4v) is 4.19. The number of amides is 1. The van der Waals surface area contributed by atoms with Gasteiger partial charge in [-0.15, -0.1) is 11.8 Å². The number of nitrogens with one attached hydrogen (secondary N) is 1. The molecule has 2 heterocycles. The normalized spacial score (nSPS) is 13.4. The van der Waals surface area contributed by atoms with Gasteiger partial charge in [-0.05, 0) is 38.1 Å². The number of carbonyl (C=O) groups excluding carboxylic acids is 3. The highest BCUT2D eigenvalue weighted by molar-refractivity contribution is 7.99. The summed E-state index contributed by atoms with van der Waals surface area (Å²) in [5.74, 6) is -0.243. The highest BCUT2D eigenvalue weighted by atomic mass is 32.2. The van der Waals surface area contributed by atoms with E-state index >= 15 is 0 Å². The Bertz CT molecular complexity index is 951. The fraction of sp³-hybridized carbons (Fsp3) is 0.381. The van der Waals surface area contributed by atoms with E-state index in [1.165, 1.54) is 0 Å². The lowest BCUT2D eigenvalue weighted by Gasteiger charge is -2.10.